The van der Waals surface area contributed by atoms with Crippen molar-refractivity contribution in [2.75, 3.05) is 21.3 Å². The van der Waals surface area contributed by atoms with E-state index in [0.29, 0.717) is 0 Å². The van der Waals surface area contributed by atoms with Crippen LogP contribution in [0.25, 0.3) is 0 Å². The molecule has 2 N–H and O–H groups in total. The molecule has 0 saturated heterocycles. The van der Waals surface area contributed by atoms with Crippen LogP contribution >= 0.6 is 7.60 Å². The minimum atomic E-state index is -4.01. The number of carbonyl (C=O) groups is 3. The van der Waals surface area contributed by atoms with Crippen LogP contribution in [0.4, 0.5) is 4.79 Å². The molecule has 0 heterocycles. The van der Waals surface area contributed by atoms with Gasteiger partial charge in [-0.15, -0.1) is 0 Å². The standard InChI is InChI=1S/C15H29N2O8P/c1-9(2)10(16-14(20)25-15(3,4)5)11(18)17-12(13(19)22-6)26(21,23-7)24-8/h9-10,12H,1-8H3,(H,16,20)(H,17,18)/t10-,12-/m0/s1. The van der Waals surface area contributed by atoms with Gasteiger partial charge in [-0.2, -0.15) is 0 Å². The highest BCUT2D eigenvalue weighted by atomic mass is 31.2. The van der Waals surface area contributed by atoms with Gasteiger partial charge in [0.25, 0.3) is 0 Å². The Morgan fingerprint density at radius 1 is 0.962 bits per heavy atom. The maximum atomic E-state index is 12.6. The molecule has 10 nitrogen and oxygen atoms in total. The van der Waals surface area contributed by atoms with Crippen LogP contribution in [0.2, 0.25) is 0 Å². The second-order valence-corrected chi connectivity index (χ2v) is 9.03. The molecule has 2 atom stereocenters. The molecule has 0 spiro atoms. The van der Waals surface area contributed by atoms with Crippen molar-refractivity contribution in [3.05, 3.63) is 0 Å². The number of nitrogens with one attached hydrogen (secondary N) is 2. The summed E-state index contributed by atoms with van der Waals surface area (Å²) in [4.78, 5) is 36.5. The average Bonchev–Trinajstić information content (AvgIpc) is 2.54. The zero-order chi connectivity index (χ0) is 20.7. The van der Waals surface area contributed by atoms with Gasteiger partial charge in [0.2, 0.25) is 11.7 Å². The smallest absolute Gasteiger partial charge is 0.408 e. The van der Waals surface area contributed by atoms with Crippen molar-refractivity contribution >= 4 is 25.6 Å². The number of ether oxygens (including phenoxy) is 2. The number of amides is 2. The van der Waals surface area contributed by atoms with Gasteiger partial charge in [-0.1, -0.05) is 13.8 Å². The number of rotatable bonds is 8. The first-order valence-corrected chi connectivity index (χ1v) is 9.51. The molecule has 0 unspecified atom stereocenters. The third kappa shape index (κ3) is 7.31. The molecule has 0 aromatic carbocycles. The maximum Gasteiger partial charge on any atom is 0.408 e. The van der Waals surface area contributed by atoms with E-state index in [0.717, 1.165) is 21.3 Å². The van der Waals surface area contributed by atoms with E-state index in [1.807, 2.05) is 0 Å². The van der Waals surface area contributed by atoms with Gasteiger partial charge in [0.05, 0.1) is 7.11 Å². The number of hydrogen-bond donors (Lipinski definition) is 2. The highest BCUT2D eigenvalue weighted by Crippen LogP contribution is 2.50. The molecule has 0 rings (SSSR count). The van der Waals surface area contributed by atoms with Crippen molar-refractivity contribution in [1.82, 2.24) is 10.6 Å². The van der Waals surface area contributed by atoms with Crippen LogP contribution in [0.15, 0.2) is 0 Å². The summed E-state index contributed by atoms with van der Waals surface area (Å²) >= 11 is 0. The molecule has 0 radical (unpaired) electrons. The first-order chi connectivity index (χ1) is 11.8. The van der Waals surface area contributed by atoms with Crippen LogP contribution in [0.5, 0.6) is 0 Å². The van der Waals surface area contributed by atoms with E-state index in [1.54, 1.807) is 34.6 Å². The lowest BCUT2D eigenvalue weighted by Crippen LogP contribution is -2.54. The Kier molecular flexibility index (Phi) is 9.27. The van der Waals surface area contributed by atoms with E-state index in [1.165, 1.54) is 0 Å². The van der Waals surface area contributed by atoms with Crippen molar-refractivity contribution in [1.29, 1.82) is 0 Å². The van der Waals surface area contributed by atoms with Crippen LogP contribution in [-0.4, -0.2) is 56.7 Å². The quantitative estimate of drug-likeness (QED) is 0.468. The zero-order valence-electron chi connectivity index (χ0n) is 16.4. The molecule has 152 valence electrons. The van der Waals surface area contributed by atoms with Crippen molar-refractivity contribution in [3.63, 3.8) is 0 Å². The van der Waals surface area contributed by atoms with Crippen molar-refractivity contribution in [2.45, 2.75) is 52.0 Å². The third-order valence-electron chi connectivity index (χ3n) is 3.15. The summed E-state index contributed by atoms with van der Waals surface area (Å²) in [6, 6.07) is -1.06. The Bertz CT molecular complexity index is 550. The fourth-order valence-corrected chi connectivity index (χ4v) is 3.08. The minimum absolute atomic E-state index is 0.356. The SMILES string of the molecule is COC(=O)[C@@H](NC(=O)[C@@H](NC(=O)OC(C)(C)C)C(C)C)P(=O)(OC)OC. The summed E-state index contributed by atoms with van der Waals surface area (Å²) in [6.45, 7) is 8.40. The molecule has 0 aliphatic rings. The number of methoxy groups -OCH3 is 1. The van der Waals surface area contributed by atoms with Crippen molar-refractivity contribution in [2.24, 2.45) is 5.92 Å². The Balaban J connectivity index is 5.42. The first-order valence-electron chi connectivity index (χ1n) is 7.90. The molecule has 0 bridgehead atoms. The second-order valence-electron chi connectivity index (χ2n) is 6.71. The molecule has 0 aliphatic heterocycles. The largest absolute Gasteiger partial charge is 0.467 e. The van der Waals surface area contributed by atoms with Gasteiger partial charge in [0, 0.05) is 14.2 Å². The first kappa shape index (κ1) is 24.4. The van der Waals surface area contributed by atoms with E-state index < -0.39 is 43.0 Å². The second kappa shape index (κ2) is 9.89. The monoisotopic (exact) mass is 396 g/mol. The van der Waals surface area contributed by atoms with E-state index in [-0.39, 0.29) is 5.92 Å². The lowest BCUT2D eigenvalue weighted by molar-refractivity contribution is -0.143. The zero-order valence-corrected chi connectivity index (χ0v) is 17.3. The maximum absolute atomic E-state index is 12.6. The topological polar surface area (TPSA) is 129 Å². The van der Waals surface area contributed by atoms with Gasteiger partial charge in [0.1, 0.15) is 11.6 Å². The van der Waals surface area contributed by atoms with Crippen LogP contribution in [-0.2, 0) is 32.7 Å². The van der Waals surface area contributed by atoms with Gasteiger partial charge in [-0.05, 0) is 26.7 Å². The van der Waals surface area contributed by atoms with Gasteiger partial charge in [-0.3, -0.25) is 9.36 Å². The fourth-order valence-electron chi connectivity index (χ4n) is 1.86. The van der Waals surface area contributed by atoms with Gasteiger partial charge in [0.15, 0.2) is 0 Å². The predicted molar refractivity (Wildman–Crippen MR) is 93.6 cm³/mol. The summed E-state index contributed by atoms with van der Waals surface area (Å²) < 4.78 is 31.7. The van der Waals surface area contributed by atoms with Crippen molar-refractivity contribution in [3.8, 4) is 0 Å². The van der Waals surface area contributed by atoms with Crippen molar-refractivity contribution < 1.29 is 37.5 Å². The number of carbonyl (C=O) groups excluding carboxylic acids is 3. The van der Waals surface area contributed by atoms with Crippen LogP contribution in [0.1, 0.15) is 34.6 Å². The summed E-state index contributed by atoms with van der Waals surface area (Å²) in [6.07, 6.45) is -0.803. The molecule has 0 aromatic heterocycles. The number of alkyl carbamates (subject to hydrolysis) is 1. The molecule has 2 amide bonds. The fraction of sp³-hybridized carbons (Fsp3) is 0.800. The van der Waals surface area contributed by atoms with Gasteiger partial charge in [-0.25, -0.2) is 9.59 Å². The molecule has 11 heteroatoms. The third-order valence-corrected chi connectivity index (χ3v) is 5.14. The summed E-state index contributed by atoms with van der Waals surface area (Å²) in [7, 11) is -0.791. The summed E-state index contributed by atoms with van der Waals surface area (Å²) in [5, 5.41) is 4.69. The average molecular weight is 396 g/mol. The molecular formula is C15H29N2O8P. The highest BCUT2D eigenvalue weighted by molar-refractivity contribution is 7.55. The summed E-state index contributed by atoms with van der Waals surface area (Å²) in [5.74, 6) is -3.82. The molecule has 0 aliphatic carbocycles. The van der Waals surface area contributed by atoms with E-state index in [9.17, 15) is 18.9 Å². The molecular weight excluding hydrogens is 367 g/mol. The van der Waals surface area contributed by atoms with Gasteiger partial charge < -0.3 is 29.2 Å². The normalized spacial score (nSPS) is 14.3. The lowest BCUT2D eigenvalue weighted by Gasteiger charge is -2.28. The predicted octanol–water partition coefficient (Wildman–Crippen LogP) is 1.64. The van der Waals surface area contributed by atoms with Crippen LogP contribution < -0.4 is 10.6 Å². The van der Waals surface area contributed by atoms with Gasteiger partial charge >= 0.3 is 19.7 Å². The Morgan fingerprint density at radius 2 is 1.46 bits per heavy atom. The van der Waals surface area contributed by atoms with Crippen LogP contribution in [0, 0.1) is 5.92 Å². The minimum Gasteiger partial charge on any atom is -0.467 e. The Morgan fingerprint density at radius 3 is 1.81 bits per heavy atom. The van der Waals surface area contributed by atoms with E-state index in [2.05, 4.69) is 15.4 Å². The summed E-state index contributed by atoms with van der Waals surface area (Å²) in [5.41, 5.74) is -0.752. The Labute approximate surface area is 153 Å². The highest BCUT2D eigenvalue weighted by Gasteiger charge is 2.43. The lowest BCUT2D eigenvalue weighted by atomic mass is 10.0. The molecule has 0 aromatic rings. The molecule has 0 fully saturated rings. The van der Waals surface area contributed by atoms with E-state index >= 15 is 0 Å². The van der Waals surface area contributed by atoms with Crippen LogP contribution in [0.3, 0.4) is 0 Å². The molecule has 26 heavy (non-hydrogen) atoms. The Hall–Kier alpha value is -1.64. The van der Waals surface area contributed by atoms with E-state index in [4.69, 9.17) is 13.8 Å². The number of esters is 1. The molecule has 0 saturated carbocycles. The number of hydrogen-bond acceptors (Lipinski definition) is 8.